The Kier molecular flexibility index (Phi) is 7.69. The van der Waals surface area contributed by atoms with Gasteiger partial charge in [0.25, 0.3) is 0 Å². The summed E-state index contributed by atoms with van der Waals surface area (Å²) in [6.07, 6.45) is 25.4. The first-order valence-electron chi connectivity index (χ1n) is 19.3. The molecule has 0 saturated heterocycles. The number of dihydropyridines is 1. The molecule has 5 heterocycles. The van der Waals surface area contributed by atoms with Crippen LogP contribution >= 0.6 is 0 Å². The maximum atomic E-state index is 4.99. The highest BCUT2D eigenvalue weighted by Gasteiger charge is 2.37. The molecule has 7 heteroatoms. The molecule has 7 aromatic rings. The van der Waals surface area contributed by atoms with Crippen molar-refractivity contribution >= 4 is 33.9 Å². The minimum absolute atomic E-state index is 0.190. The molecular formula is C49H37N7. The lowest BCUT2D eigenvalue weighted by atomic mass is 9.91. The van der Waals surface area contributed by atoms with Gasteiger partial charge in [-0.1, -0.05) is 97.1 Å². The van der Waals surface area contributed by atoms with Crippen LogP contribution < -0.4 is 10.2 Å². The van der Waals surface area contributed by atoms with Crippen LogP contribution in [0.25, 0.3) is 62.1 Å². The van der Waals surface area contributed by atoms with E-state index >= 15 is 0 Å². The van der Waals surface area contributed by atoms with Crippen molar-refractivity contribution in [2.45, 2.75) is 24.8 Å². The summed E-state index contributed by atoms with van der Waals surface area (Å²) < 4.78 is 2.47. The van der Waals surface area contributed by atoms with Crippen LogP contribution in [0, 0.1) is 0 Å². The predicted octanol–water partition coefficient (Wildman–Crippen LogP) is 10.4. The van der Waals surface area contributed by atoms with E-state index in [1.165, 1.54) is 39.1 Å². The summed E-state index contributed by atoms with van der Waals surface area (Å²) in [6, 6.07) is 37.5. The number of anilines is 2. The van der Waals surface area contributed by atoms with E-state index in [2.05, 4.69) is 153 Å². The maximum Gasteiger partial charge on any atom is 0.164 e. The van der Waals surface area contributed by atoms with Gasteiger partial charge in [-0.05, 0) is 95.9 Å². The Morgan fingerprint density at radius 3 is 2.27 bits per heavy atom. The van der Waals surface area contributed by atoms with E-state index in [9.17, 15) is 0 Å². The number of aromatic nitrogens is 5. The van der Waals surface area contributed by atoms with Crippen molar-refractivity contribution < 1.29 is 0 Å². The van der Waals surface area contributed by atoms with Crippen molar-refractivity contribution in [3.05, 3.63) is 187 Å². The lowest BCUT2D eigenvalue weighted by molar-refractivity contribution is 0.744. The highest BCUT2D eigenvalue weighted by molar-refractivity contribution is 5.92. The molecule has 0 fully saturated rings. The Labute approximate surface area is 325 Å². The second kappa shape index (κ2) is 13.3. The molecule has 2 unspecified atom stereocenters. The van der Waals surface area contributed by atoms with Gasteiger partial charge in [0.15, 0.2) is 17.5 Å². The molecule has 4 aromatic carbocycles. The molecule has 0 spiro atoms. The van der Waals surface area contributed by atoms with Crippen LogP contribution in [0.5, 0.6) is 0 Å². The van der Waals surface area contributed by atoms with Gasteiger partial charge in [-0.3, -0.25) is 4.98 Å². The third kappa shape index (κ3) is 5.42. The molecule has 11 rings (SSSR count). The fraction of sp³-hybridized carbons (Fsp3) is 0.102. The van der Waals surface area contributed by atoms with E-state index in [1.807, 2.05) is 24.4 Å². The molecule has 0 radical (unpaired) electrons. The van der Waals surface area contributed by atoms with E-state index in [1.54, 1.807) is 12.4 Å². The lowest BCUT2D eigenvalue weighted by Crippen LogP contribution is -2.28. The lowest BCUT2D eigenvalue weighted by Gasteiger charge is -2.30. The zero-order valence-electron chi connectivity index (χ0n) is 30.6. The molecule has 3 aromatic heterocycles. The minimum Gasteiger partial charge on any atom is -0.387 e. The van der Waals surface area contributed by atoms with E-state index < -0.39 is 0 Å². The van der Waals surface area contributed by atoms with Crippen LogP contribution in [-0.4, -0.2) is 37.1 Å². The Morgan fingerprint density at radius 1 is 0.661 bits per heavy atom. The zero-order valence-corrected chi connectivity index (χ0v) is 30.6. The van der Waals surface area contributed by atoms with Crippen LogP contribution in [0.1, 0.15) is 35.0 Å². The molecule has 2 aliphatic heterocycles. The van der Waals surface area contributed by atoms with Crippen molar-refractivity contribution in [2.24, 2.45) is 0 Å². The summed E-state index contributed by atoms with van der Waals surface area (Å²) in [5.41, 5.74) is 13.9. The SMILES string of the molecule is C1=CC2c3ccccc3N(c3cc(-c4ccc(-c5nc(C6=CCNC=C6)nc(-c6ccncc6)n5)cc4)cc(-n4c5c(c6ccccc64)CCC=C5)c3)C2C=C1. The number of aryl methyl sites for hydroxylation is 1. The maximum absolute atomic E-state index is 4.99. The summed E-state index contributed by atoms with van der Waals surface area (Å²) in [7, 11) is 0. The molecule has 2 atom stereocenters. The van der Waals surface area contributed by atoms with E-state index in [0.717, 1.165) is 52.9 Å². The Bertz CT molecular complexity index is 2820. The molecular weight excluding hydrogens is 687 g/mol. The van der Waals surface area contributed by atoms with Crippen LogP contribution in [0.4, 0.5) is 11.4 Å². The molecule has 0 saturated carbocycles. The van der Waals surface area contributed by atoms with Crippen molar-refractivity contribution in [3.8, 4) is 39.6 Å². The van der Waals surface area contributed by atoms with Gasteiger partial charge in [-0.2, -0.15) is 0 Å². The van der Waals surface area contributed by atoms with Crippen LogP contribution in [-0.2, 0) is 6.42 Å². The zero-order chi connectivity index (χ0) is 37.0. The van der Waals surface area contributed by atoms with Crippen molar-refractivity contribution in [1.82, 2.24) is 29.8 Å². The fourth-order valence-electron chi connectivity index (χ4n) is 8.78. The molecule has 2 aliphatic carbocycles. The van der Waals surface area contributed by atoms with E-state index in [4.69, 9.17) is 15.0 Å². The molecule has 0 amide bonds. The number of nitrogens with zero attached hydrogens (tertiary/aromatic N) is 6. The standard InChI is InChI=1S/C49H37N7/c1-5-13-43-39(9-1)40-10-2-6-14-44(40)55(43)37-29-36(30-38(31-37)56-45-15-7-3-11-41(45)42-12-4-8-16-46(42)56)32-17-19-33(20-18-32)47-52-48(34-21-25-50-26-22-34)54-49(53-47)35-23-27-51-28-24-35/h1-3,5-11,13-27,29-31,39,43,51H,4,12,28H2. The number of nitrogens with one attached hydrogen (secondary N) is 1. The number of para-hydroxylation sites is 2. The van der Waals surface area contributed by atoms with Crippen LogP contribution in [0.2, 0.25) is 0 Å². The smallest absolute Gasteiger partial charge is 0.164 e. The largest absolute Gasteiger partial charge is 0.387 e. The molecule has 268 valence electrons. The Balaban J connectivity index is 1.07. The van der Waals surface area contributed by atoms with Crippen LogP contribution in [0.3, 0.4) is 0 Å². The quantitative estimate of drug-likeness (QED) is 0.184. The number of rotatable bonds is 6. The van der Waals surface area contributed by atoms with Gasteiger partial charge < -0.3 is 14.8 Å². The summed E-state index contributed by atoms with van der Waals surface area (Å²) in [4.78, 5) is 21.6. The Morgan fingerprint density at radius 2 is 1.41 bits per heavy atom. The van der Waals surface area contributed by atoms with Gasteiger partial charge in [0, 0.05) is 69.7 Å². The first-order valence-corrected chi connectivity index (χ1v) is 19.3. The minimum atomic E-state index is 0.190. The van der Waals surface area contributed by atoms with Crippen LogP contribution in [0.15, 0.2) is 164 Å². The number of hydrogen-bond acceptors (Lipinski definition) is 6. The van der Waals surface area contributed by atoms with Crippen molar-refractivity contribution in [1.29, 1.82) is 0 Å². The Hall–Kier alpha value is -7.12. The van der Waals surface area contributed by atoms with Gasteiger partial charge in [0.1, 0.15) is 0 Å². The number of hydrogen-bond donors (Lipinski definition) is 1. The first kappa shape index (κ1) is 32.3. The molecule has 7 nitrogen and oxygen atoms in total. The fourth-order valence-corrected chi connectivity index (χ4v) is 8.78. The van der Waals surface area contributed by atoms with E-state index in [0.29, 0.717) is 23.4 Å². The summed E-state index contributed by atoms with van der Waals surface area (Å²) in [5, 5.41) is 4.55. The number of benzene rings is 4. The van der Waals surface area contributed by atoms with Gasteiger partial charge in [0.2, 0.25) is 0 Å². The average Bonchev–Trinajstić information content (AvgIpc) is 3.80. The molecule has 1 N–H and O–H groups in total. The first-order chi connectivity index (χ1) is 27.8. The second-order valence-corrected chi connectivity index (χ2v) is 14.6. The van der Waals surface area contributed by atoms with Crippen molar-refractivity contribution in [2.75, 3.05) is 11.4 Å². The summed E-state index contributed by atoms with van der Waals surface area (Å²) >= 11 is 0. The highest BCUT2D eigenvalue weighted by Crippen LogP contribution is 2.49. The monoisotopic (exact) mass is 723 g/mol. The topological polar surface area (TPSA) is 71.8 Å². The predicted molar refractivity (Wildman–Crippen MR) is 227 cm³/mol. The number of fused-ring (bicyclic) bond motifs is 6. The number of allylic oxidation sites excluding steroid dienone is 5. The molecule has 56 heavy (non-hydrogen) atoms. The highest BCUT2D eigenvalue weighted by atomic mass is 15.2. The summed E-state index contributed by atoms with van der Waals surface area (Å²) in [5.74, 6) is 2.19. The van der Waals surface area contributed by atoms with Gasteiger partial charge in [0.05, 0.1) is 11.6 Å². The van der Waals surface area contributed by atoms with Gasteiger partial charge in [-0.15, -0.1) is 0 Å². The van der Waals surface area contributed by atoms with Gasteiger partial charge in [-0.25, -0.2) is 15.0 Å². The third-order valence-electron chi connectivity index (χ3n) is 11.4. The average molecular weight is 724 g/mol. The van der Waals surface area contributed by atoms with E-state index in [-0.39, 0.29) is 6.04 Å². The molecule has 4 aliphatic rings. The summed E-state index contributed by atoms with van der Waals surface area (Å²) in [6.45, 7) is 0.725. The van der Waals surface area contributed by atoms with Crippen molar-refractivity contribution in [3.63, 3.8) is 0 Å². The third-order valence-corrected chi connectivity index (χ3v) is 11.4. The normalized spacial score (nSPS) is 17.7. The van der Waals surface area contributed by atoms with Gasteiger partial charge >= 0.3 is 0 Å². The number of pyridine rings is 1. The second-order valence-electron chi connectivity index (χ2n) is 14.6. The molecule has 0 bridgehead atoms.